The minimum absolute atomic E-state index is 0.299. The number of aromatic amines is 1. The van der Waals surface area contributed by atoms with Crippen molar-refractivity contribution >= 4 is 22.9 Å². The van der Waals surface area contributed by atoms with E-state index in [0.29, 0.717) is 23.6 Å². The van der Waals surface area contributed by atoms with Gasteiger partial charge < -0.3 is 20.4 Å². The fourth-order valence-corrected chi connectivity index (χ4v) is 2.46. The third kappa shape index (κ3) is 2.53. The number of hydrogen-bond donors (Lipinski definition) is 3. The summed E-state index contributed by atoms with van der Waals surface area (Å²) >= 11 is 0. The number of anilines is 2. The maximum absolute atomic E-state index is 5.45. The van der Waals surface area contributed by atoms with Gasteiger partial charge in [-0.05, 0) is 20.3 Å². The Morgan fingerprint density at radius 3 is 3.15 bits per heavy atom. The predicted molar refractivity (Wildman–Crippen MR) is 77.9 cm³/mol. The highest BCUT2D eigenvalue weighted by Gasteiger charge is 2.23. The molecule has 2 unspecified atom stereocenters. The molecule has 3 heterocycles. The zero-order chi connectivity index (χ0) is 13.9. The Morgan fingerprint density at radius 2 is 2.40 bits per heavy atom. The van der Waals surface area contributed by atoms with Crippen LogP contribution in [0.15, 0.2) is 6.33 Å². The topological polar surface area (TPSA) is 87.8 Å². The fourth-order valence-electron chi connectivity index (χ4n) is 2.46. The van der Waals surface area contributed by atoms with E-state index in [9.17, 15) is 0 Å². The van der Waals surface area contributed by atoms with E-state index in [2.05, 4.69) is 37.5 Å². The maximum Gasteiger partial charge on any atom is 0.226 e. The highest BCUT2D eigenvalue weighted by molar-refractivity contribution is 5.83. The second-order valence-corrected chi connectivity index (χ2v) is 5.08. The van der Waals surface area contributed by atoms with Crippen LogP contribution >= 0.6 is 0 Å². The summed E-state index contributed by atoms with van der Waals surface area (Å²) < 4.78 is 5.45. The van der Waals surface area contributed by atoms with Crippen LogP contribution in [0.25, 0.3) is 11.2 Å². The van der Waals surface area contributed by atoms with Gasteiger partial charge in [-0.3, -0.25) is 0 Å². The lowest BCUT2D eigenvalue weighted by atomic mass is 10.0. The van der Waals surface area contributed by atoms with Crippen molar-refractivity contribution in [3.63, 3.8) is 0 Å². The van der Waals surface area contributed by atoms with E-state index < -0.39 is 0 Å². The van der Waals surface area contributed by atoms with Crippen LogP contribution in [0, 0.1) is 5.92 Å². The minimum atomic E-state index is 0.299. The Labute approximate surface area is 117 Å². The van der Waals surface area contributed by atoms with Crippen molar-refractivity contribution in [1.29, 1.82) is 0 Å². The fraction of sp³-hybridized carbons (Fsp3) is 0.615. The summed E-state index contributed by atoms with van der Waals surface area (Å²) in [6.45, 7) is 6.62. The maximum atomic E-state index is 5.45. The van der Waals surface area contributed by atoms with Gasteiger partial charge >= 0.3 is 0 Å². The normalized spacial score (nSPS) is 20.2. The van der Waals surface area contributed by atoms with Gasteiger partial charge in [-0.25, -0.2) is 4.98 Å². The molecule has 7 nitrogen and oxygen atoms in total. The van der Waals surface area contributed by atoms with Gasteiger partial charge in [0.25, 0.3) is 0 Å². The van der Waals surface area contributed by atoms with E-state index in [1.165, 1.54) is 0 Å². The van der Waals surface area contributed by atoms with Crippen LogP contribution < -0.4 is 10.6 Å². The molecule has 0 radical (unpaired) electrons. The Hall–Kier alpha value is -1.89. The van der Waals surface area contributed by atoms with Crippen molar-refractivity contribution in [2.24, 2.45) is 5.92 Å². The first-order valence-corrected chi connectivity index (χ1v) is 7.07. The third-order valence-electron chi connectivity index (χ3n) is 3.66. The molecule has 3 N–H and O–H groups in total. The first-order chi connectivity index (χ1) is 9.78. The van der Waals surface area contributed by atoms with Gasteiger partial charge in [0.1, 0.15) is 5.52 Å². The number of aromatic nitrogens is 4. The van der Waals surface area contributed by atoms with E-state index in [4.69, 9.17) is 4.74 Å². The van der Waals surface area contributed by atoms with Crippen LogP contribution in [0.1, 0.15) is 20.3 Å². The molecule has 3 rings (SSSR count). The van der Waals surface area contributed by atoms with E-state index in [-0.39, 0.29) is 0 Å². The van der Waals surface area contributed by atoms with Crippen molar-refractivity contribution in [2.45, 2.75) is 26.3 Å². The molecule has 0 aromatic carbocycles. The lowest BCUT2D eigenvalue weighted by Crippen LogP contribution is -2.27. The molecule has 2 aromatic heterocycles. The molecular formula is C13H20N6O. The zero-order valence-electron chi connectivity index (χ0n) is 11.8. The molecule has 1 aliphatic rings. The summed E-state index contributed by atoms with van der Waals surface area (Å²) in [5.74, 6) is 1.91. The highest BCUT2D eigenvalue weighted by Crippen LogP contribution is 2.23. The molecule has 108 valence electrons. The van der Waals surface area contributed by atoms with E-state index in [1.807, 2.05) is 6.92 Å². The van der Waals surface area contributed by atoms with Crippen LogP contribution in [0.5, 0.6) is 0 Å². The van der Waals surface area contributed by atoms with Crippen molar-refractivity contribution in [3.05, 3.63) is 6.33 Å². The molecule has 0 saturated carbocycles. The van der Waals surface area contributed by atoms with Gasteiger partial charge in [-0.2, -0.15) is 9.97 Å². The van der Waals surface area contributed by atoms with Gasteiger partial charge in [0.15, 0.2) is 11.5 Å². The van der Waals surface area contributed by atoms with Crippen LogP contribution in [0.3, 0.4) is 0 Å². The first-order valence-electron chi connectivity index (χ1n) is 7.07. The van der Waals surface area contributed by atoms with Crippen LogP contribution in [0.4, 0.5) is 11.8 Å². The largest absolute Gasteiger partial charge is 0.381 e. The number of nitrogens with zero attached hydrogens (tertiary/aromatic N) is 3. The number of fused-ring (bicyclic) bond motifs is 1. The molecule has 1 saturated heterocycles. The lowest BCUT2D eigenvalue weighted by Gasteiger charge is -2.20. The monoisotopic (exact) mass is 276 g/mol. The van der Waals surface area contributed by atoms with Crippen molar-refractivity contribution in [3.8, 4) is 0 Å². The van der Waals surface area contributed by atoms with Crippen LogP contribution in [0.2, 0.25) is 0 Å². The molecule has 0 amide bonds. The van der Waals surface area contributed by atoms with Crippen LogP contribution in [-0.2, 0) is 4.74 Å². The second kappa shape index (κ2) is 5.62. The molecule has 1 fully saturated rings. The second-order valence-electron chi connectivity index (χ2n) is 5.08. The van der Waals surface area contributed by atoms with Crippen molar-refractivity contribution in [2.75, 3.05) is 30.4 Å². The Morgan fingerprint density at radius 1 is 1.50 bits per heavy atom. The highest BCUT2D eigenvalue weighted by atomic mass is 16.5. The molecule has 2 atom stereocenters. The molecule has 20 heavy (non-hydrogen) atoms. The Balaban J connectivity index is 1.86. The summed E-state index contributed by atoms with van der Waals surface area (Å²) in [6, 6.07) is 0.299. The minimum Gasteiger partial charge on any atom is -0.381 e. The number of ether oxygens (including phenoxy) is 1. The molecule has 1 aliphatic heterocycles. The lowest BCUT2D eigenvalue weighted by molar-refractivity contribution is 0.183. The third-order valence-corrected chi connectivity index (χ3v) is 3.66. The number of rotatable bonds is 5. The summed E-state index contributed by atoms with van der Waals surface area (Å²) in [6.07, 6.45) is 2.73. The molecule has 0 aliphatic carbocycles. The average molecular weight is 276 g/mol. The standard InChI is InChI=1S/C13H20N6O/c1-3-14-13-18-11-10(15-7-16-11)12(19-13)17-8(2)9-4-5-20-6-9/h7-9H,3-6H2,1-2H3,(H3,14,15,16,17,18,19). The SMILES string of the molecule is CCNc1nc(NC(C)C2CCOC2)c2[nH]cnc2n1. The van der Waals surface area contributed by atoms with Gasteiger partial charge in [0.2, 0.25) is 5.95 Å². The Kier molecular flexibility index (Phi) is 3.68. The van der Waals surface area contributed by atoms with E-state index in [1.54, 1.807) is 6.33 Å². The van der Waals surface area contributed by atoms with Crippen LogP contribution in [-0.4, -0.2) is 45.7 Å². The van der Waals surface area contributed by atoms with E-state index in [0.717, 1.165) is 37.5 Å². The summed E-state index contributed by atoms with van der Waals surface area (Å²) in [5.41, 5.74) is 1.52. The van der Waals surface area contributed by atoms with Gasteiger partial charge in [-0.15, -0.1) is 0 Å². The smallest absolute Gasteiger partial charge is 0.226 e. The summed E-state index contributed by atoms with van der Waals surface area (Å²) in [7, 11) is 0. The quantitative estimate of drug-likeness (QED) is 0.769. The van der Waals surface area contributed by atoms with Crippen molar-refractivity contribution in [1.82, 2.24) is 19.9 Å². The summed E-state index contributed by atoms with van der Waals surface area (Å²) in [5, 5.41) is 6.60. The number of H-pyrrole nitrogens is 1. The molecule has 0 bridgehead atoms. The number of nitrogens with one attached hydrogen (secondary N) is 3. The predicted octanol–water partition coefficient (Wildman–Crippen LogP) is 1.62. The Bertz CT molecular complexity index is 577. The van der Waals surface area contributed by atoms with Gasteiger partial charge in [0, 0.05) is 25.1 Å². The molecule has 2 aromatic rings. The first kappa shape index (κ1) is 13.1. The van der Waals surface area contributed by atoms with Crippen molar-refractivity contribution < 1.29 is 4.74 Å². The van der Waals surface area contributed by atoms with Gasteiger partial charge in [0.05, 0.1) is 12.9 Å². The molecular weight excluding hydrogens is 256 g/mol. The zero-order valence-corrected chi connectivity index (χ0v) is 11.8. The van der Waals surface area contributed by atoms with E-state index >= 15 is 0 Å². The number of hydrogen-bond acceptors (Lipinski definition) is 6. The van der Waals surface area contributed by atoms with Gasteiger partial charge in [-0.1, -0.05) is 0 Å². The number of imidazole rings is 1. The molecule has 7 heteroatoms. The average Bonchev–Trinajstić information content (AvgIpc) is 3.10. The summed E-state index contributed by atoms with van der Waals surface area (Å²) in [4.78, 5) is 16.2. The molecule has 0 spiro atoms.